The number of ether oxygens (including phenoxy) is 1. The number of carbonyl (C=O) groups excluding carboxylic acids is 1. The standard InChI is InChI=1S/C11H22N2O2.ClH/c1-11(6-4-8-15-11)9-13-10(14)5-3-7-12-2;/h12H,3-9H2,1-2H3,(H,13,14);1H. The molecule has 0 aromatic rings. The van der Waals surface area contributed by atoms with Gasteiger partial charge in [-0.05, 0) is 39.8 Å². The minimum atomic E-state index is -0.126. The minimum absolute atomic E-state index is 0. The summed E-state index contributed by atoms with van der Waals surface area (Å²) in [6.45, 7) is 4.42. The highest BCUT2D eigenvalue weighted by molar-refractivity contribution is 5.85. The summed E-state index contributed by atoms with van der Waals surface area (Å²) < 4.78 is 5.59. The first-order valence-electron chi connectivity index (χ1n) is 5.71. The van der Waals surface area contributed by atoms with E-state index in [1.165, 1.54) is 0 Å². The molecule has 5 heteroatoms. The van der Waals surface area contributed by atoms with E-state index in [0.29, 0.717) is 13.0 Å². The Bertz CT molecular complexity index is 206. The molecule has 1 aliphatic heterocycles. The Morgan fingerprint density at radius 2 is 2.25 bits per heavy atom. The number of hydrogen-bond acceptors (Lipinski definition) is 3. The van der Waals surface area contributed by atoms with Gasteiger partial charge >= 0.3 is 0 Å². The third-order valence-corrected chi connectivity index (χ3v) is 2.79. The Labute approximate surface area is 104 Å². The second-order valence-corrected chi connectivity index (χ2v) is 4.39. The van der Waals surface area contributed by atoms with Gasteiger partial charge in [-0.1, -0.05) is 0 Å². The summed E-state index contributed by atoms with van der Waals surface area (Å²) in [5.41, 5.74) is -0.126. The van der Waals surface area contributed by atoms with Gasteiger partial charge in [0.1, 0.15) is 0 Å². The van der Waals surface area contributed by atoms with Crippen molar-refractivity contribution in [2.75, 3.05) is 26.7 Å². The number of hydrogen-bond donors (Lipinski definition) is 2. The highest BCUT2D eigenvalue weighted by Gasteiger charge is 2.29. The van der Waals surface area contributed by atoms with Crippen LogP contribution in [0.1, 0.15) is 32.6 Å². The predicted molar refractivity (Wildman–Crippen MR) is 67.0 cm³/mol. The van der Waals surface area contributed by atoms with E-state index in [9.17, 15) is 4.79 Å². The normalized spacial score (nSPS) is 23.9. The summed E-state index contributed by atoms with van der Waals surface area (Å²) in [5.74, 6) is 0.127. The fourth-order valence-corrected chi connectivity index (χ4v) is 1.78. The van der Waals surface area contributed by atoms with Gasteiger partial charge in [0.05, 0.1) is 5.60 Å². The molecule has 1 rings (SSSR count). The van der Waals surface area contributed by atoms with Gasteiger partial charge in [0.2, 0.25) is 5.91 Å². The van der Waals surface area contributed by atoms with Gasteiger partial charge in [0, 0.05) is 19.6 Å². The van der Waals surface area contributed by atoms with Crippen LogP contribution in [-0.2, 0) is 9.53 Å². The molecule has 1 unspecified atom stereocenters. The van der Waals surface area contributed by atoms with Crippen LogP contribution >= 0.6 is 12.4 Å². The van der Waals surface area contributed by atoms with Crippen LogP contribution in [-0.4, -0.2) is 38.3 Å². The van der Waals surface area contributed by atoms with Crippen LogP contribution in [0.15, 0.2) is 0 Å². The van der Waals surface area contributed by atoms with Crippen molar-refractivity contribution < 1.29 is 9.53 Å². The van der Waals surface area contributed by atoms with Crippen molar-refractivity contribution in [3.05, 3.63) is 0 Å². The lowest BCUT2D eigenvalue weighted by molar-refractivity contribution is -0.122. The molecule has 1 heterocycles. The molecule has 1 aliphatic rings. The van der Waals surface area contributed by atoms with E-state index in [1.807, 2.05) is 7.05 Å². The topological polar surface area (TPSA) is 50.4 Å². The number of rotatable bonds is 6. The summed E-state index contributed by atoms with van der Waals surface area (Å²) in [4.78, 5) is 11.4. The molecule has 16 heavy (non-hydrogen) atoms. The lowest BCUT2D eigenvalue weighted by Gasteiger charge is -2.23. The van der Waals surface area contributed by atoms with E-state index in [2.05, 4.69) is 17.6 Å². The van der Waals surface area contributed by atoms with E-state index in [4.69, 9.17) is 4.74 Å². The number of halogens is 1. The molecule has 96 valence electrons. The molecule has 1 amide bonds. The van der Waals surface area contributed by atoms with Gasteiger partial charge in [-0.3, -0.25) is 4.79 Å². The Morgan fingerprint density at radius 3 is 2.81 bits per heavy atom. The Morgan fingerprint density at radius 1 is 1.50 bits per heavy atom. The quantitative estimate of drug-likeness (QED) is 0.694. The molecule has 1 fully saturated rings. The van der Waals surface area contributed by atoms with Gasteiger partial charge < -0.3 is 15.4 Å². The molecule has 1 saturated heterocycles. The first kappa shape index (κ1) is 15.7. The van der Waals surface area contributed by atoms with E-state index in [0.717, 1.165) is 32.4 Å². The number of nitrogens with one attached hydrogen (secondary N) is 2. The maximum atomic E-state index is 11.4. The smallest absolute Gasteiger partial charge is 0.220 e. The van der Waals surface area contributed by atoms with Crippen molar-refractivity contribution in [1.82, 2.24) is 10.6 Å². The lowest BCUT2D eigenvalue weighted by atomic mass is 10.0. The minimum Gasteiger partial charge on any atom is -0.373 e. The van der Waals surface area contributed by atoms with Crippen molar-refractivity contribution >= 4 is 18.3 Å². The monoisotopic (exact) mass is 250 g/mol. The first-order valence-corrected chi connectivity index (χ1v) is 5.71. The third-order valence-electron chi connectivity index (χ3n) is 2.79. The van der Waals surface area contributed by atoms with Crippen LogP contribution in [0.3, 0.4) is 0 Å². The highest BCUT2D eigenvalue weighted by Crippen LogP contribution is 2.23. The van der Waals surface area contributed by atoms with Crippen LogP contribution in [0, 0.1) is 0 Å². The van der Waals surface area contributed by atoms with Crippen molar-refractivity contribution in [3.8, 4) is 0 Å². The van der Waals surface area contributed by atoms with E-state index < -0.39 is 0 Å². The Kier molecular flexibility index (Phi) is 7.72. The molecule has 0 aromatic carbocycles. The summed E-state index contributed by atoms with van der Waals surface area (Å²) in [6.07, 6.45) is 3.63. The SMILES string of the molecule is CNCCCC(=O)NCC1(C)CCCO1.Cl. The molecule has 0 bridgehead atoms. The summed E-state index contributed by atoms with van der Waals surface area (Å²) in [5, 5.41) is 5.96. The zero-order valence-corrected chi connectivity index (χ0v) is 11.0. The highest BCUT2D eigenvalue weighted by atomic mass is 35.5. The lowest BCUT2D eigenvalue weighted by Crippen LogP contribution is -2.40. The van der Waals surface area contributed by atoms with Gasteiger partial charge in [0.25, 0.3) is 0 Å². The average Bonchev–Trinajstić information content (AvgIpc) is 2.64. The Hall–Kier alpha value is -0.320. The Balaban J connectivity index is 0.00000225. The summed E-state index contributed by atoms with van der Waals surface area (Å²) in [7, 11) is 1.89. The molecule has 4 nitrogen and oxygen atoms in total. The molecule has 0 aromatic heterocycles. The van der Waals surface area contributed by atoms with Crippen molar-refractivity contribution in [2.24, 2.45) is 0 Å². The van der Waals surface area contributed by atoms with Crippen LogP contribution < -0.4 is 10.6 Å². The summed E-state index contributed by atoms with van der Waals surface area (Å²) >= 11 is 0. The van der Waals surface area contributed by atoms with E-state index >= 15 is 0 Å². The summed E-state index contributed by atoms with van der Waals surface area (Å²) in [6, 6.07) is 0. The molecule has 0 saturated carbocycles. The second kappa shape index (κ2) is 7.87. The van der Waals surface area contributed by atoms with Crippen LogP contribution in [0.5, 0.6) is 0 Å². The molecular weight excluding hydrogens is 228 g/mol. The molecule has 2 N–H and O–H groups in total. The first-order chi connectivity index (χ1) is 7.16. The zero-order valence-electron chi connectivity index (χ0n) is 10.2. The molecule has 0 aliphatic carbocycles. The van der Waals surface area contributed by atoms with Gasteiger partial charge in [0.15, 0.2) is 0 Å². The zero-order chi connectivity index (χ0) is 11.1. The van der Waals surface area contributed by atoms with Crippen LogP contribution in [0.4, 0.5) is 0 Å². The number of amides is 1. The van der Waals surface area contributed by atoms with Gasteiger partial charge in [-0.15, -0.1) is 12.4 Å². The average molecular weight is 251 g/mol. The van der Waals surface area contributed by atoms with Crippen molar-refractivity contribution in [1.29, 1.82) is 0 Å². The van der Waals surface area contributed by atoms with E-state index in [-0.39, 0.29) is 23.9 Å². The molecule has 0 spiro atoms. The van der Waals surface area contributed by atoms with E-state index in [1.54, 1.807) is 0 Å². The van der Waals surface area contributed by atoms with Crippen molar-refractivity contribution in [2.45, 2.75) is 38.2 Å². The van der Waals surface area contributed by atoms with Gasteiger partial charge in [-0.2, -0.15) is 0 Å². The maximum Gasteiger partial charge on any atom is 0.220 e. The third kappa shape index (κ3) is 5.68. The van der Waals surface area contributed by atoms with Crippen LogP contribution in [0.2, 0.25) is 0 Å². The van der Waals surface area contributed by atoms with Crippen molar-refractivity contribution in [3.63, 3.8) is 0 Å². The molecule has 0 radical (unpaired) electrons. The largest absolute Gasteiger partial charge is 0.373 e. The second-order valence-electron chi connectivity index (χ2n) is 4.39. The molecule has 1 atom stereocenters. The fraction of sp³-hybridized carbons (Fsp3) is 0.909. The molecular formula is C11H23ClN2O2. The predicted octanol–water partition coefficient (Wildman–Crippen LogP) is 1.09. The van der Waals surface area contributed by atoms with Crippen LogP contribution in [0.25, 0.3) is 0 Å². The fourth-order valence-electron chi connectivity index (χ4n) is 1.78. The van der Waals surface area contributed by atoms with Gasteiger partial charge in [-0.25, -0.2) is 0 Å². The number of carbonyl (C=O) groups is 1. The maximum absolute atomic E-state index is 11.4.